The molecule has 152 valence electrons. The molecule has 0 aliphatic rings. The van der Waals surface area contributed by atoms with Crippen LogP contribution in [0.3, 0.4) is 0 Å². The van der Waals surface area contributed by atoms with E-state index in [1.165, 1.54) is 0 Å². The third-order valence-corrected chi connectivity index (χ3v) is 4.69. The van der Waals surface area contributed by atoms with Gasteiger partial charge < -0.3 is 14.6 Å². The van der Waals surface area contributed by atoms with Crippen molar-refractivity contribution >= 4 is 46.6 Å². The quantitative estimate of drug-likeness (QED) is 0.188. The van der Waals surface area contributed by atoms with Gasteiger partial charge in [0.05, 0.1) is 6.54 Å². The van der Waals surface area contributed by atoms with Crippen LogP contribution in [0.5, 0.6) is 0 Å². The summed E-state index contributed by atoms with van der Waals surface area (Å²) in [5.41, 5.74) is 1.79. The first kappa shape index (κ1) is 21.1. The van der Waals surface area contributed by atoms with Gasteiger partial charge in [-0.05, 0) is 30.7 Å². The number of guanidine groups is 1. The van der Waals surface area contributed by atoms with Gasteiger partial charge in [0, 0.05) is 38.6 Å². The molecule has 0 bridgehead atoms. The van der Waals surface area contributed by atoms with Gasteiger partial charge in [-0.3, -0.25) is 9.39 Å². The van der Waals surface area contributed by atoms with Crippen LogP contribution in [0.4, 0.5) is 0 Å². The first-order chi connectivity index (χ1) is 13.7. The molecule has 0 aliphatic carbocycles. The highest BCUT2D eigenvalue weighted by atomic mass is 127. The van der Waals surface area contributed by atoms with E-state index in [9.17, 15) is 0 Å². The number of hydrogen-bond donors (Lipinski definition) is 1. The number of aliphatic imine (C=N–C) groups is 1. The number of halogens is 1. The van der Waals surface area contributed by atoms with E-state index < -0.39 is 0 Å². The third kappa shape index (κ3) is 4.87. The van der Waals surface area contributed by atoms with Crippen LogP contribution < -0.4 is 5.32 Å². The maximum atomic E-state index is 5.91. The minimum atomic E-state index is 0. The van der Waals surface area contributed by atoms with Crippen LogP contribution in [0.25, 0.3) is 16.6 Å². The second-order valence-electron chi connectivity index (χ2n) is 6.73. The molecule has 1 N–H and O–H groups in total. The number of furan rings is 1. The van der Waals surface area contributed by atoms with E-state index in [1.54, 1.807) is 7.05 Å². The van der Waals surface area contributed by atoms with E-state index in [2.05, 4.69) is 37.5 Å². The summed E-state index contributed by atoms with van der Waals surface area (Å²) in [5.74, 6) is 2.73. The Balaban J connectivity index is 0.00000240. The Morgan fingerprint density at radius 2 is 2.00 bits per heavy atom. The number of benzene rings is 1. The first-order valence-corrected chi connectivity index (χ1v) is 9.42. The number of pyridine rings is 1. The zero-order valence-corrected chi connectivity index (χ0v) is 18.9. The Kier molecular flexibility index (Phi) is 7.08. The molecule has 0 amide bonds. The molecule has 0 radical (unpaired) electrons. The first-order valence-electron chi connectivity index (χ1n) is 9.42. The molecule has 0 aliphatic heterocycles. The van der Waals surface area contributed by atoms with E-state index in [0.29, 0.717) is 6.54 Å². The van der Waals surface area contributed by atoms with Crippen LogP contribution >= 0.6 is 24.0 Å². The maximum absolute atomic E-state index is 5.91. The Labute approximate surface area is 186 Å². The fourth-order valence-corrected chi connectivity index (χ4v) is 3.32. The van der Waals surface area contributed by atoms with E-state index in [-0.39, 0.29) is 24.0 Å². The summed E-state index contributed by atoms with van der Waals surface area (Å²) in [5, 5.41) is 13.0. The van der Waals surface area contributed by atoms with Gasteiger partial charge in [0.1, 0.15) is 17.2 Å². The Morgan fingerprint density at radius 1 is 1.17 bits per heavy atom. The molecule has 0 fully saturated rings. The van der Waals surface area contributed by atoms with Crippen molar-refractivity contribution in [1.29, 1.82) is 0 Å². The average molecular weight is 504 g/mol. The third-order valence-electron chi connectivity index (χ3n) is 4.69. The van der Waals surface area contributed by atoms with Gasteiger partial charge in [-0.1, -0.05) is 24.3 Å². The summed E-state index contributed by atoms with van der Waals surface area (Å²) < 4.78 is 7.94. The molecular weight excluding hydrogens is 479 g/mol. The Bertz CT molecular complexity index is 1070. The topological polar surface area (TPSA) is 71.0 Å². The van der Waals surface area contributed by atoms with Crippen LogP contribution in [-0.4, -0.2) is 46.1 Å². The van der Waals surface area contributed by atoms with Gasteiger partial charge in [-0.25, -0.2) is 0 Å². The van der Waals surface area contributed by atoms with E-state index >= 15 is 0 Å². The monoisotopic (exact) mass is 504 g/mol. The SMILES string of the molecule is CN=C(NCCCc1nnc2ccccn12)N(C)Cc1cc2ccccc2o1.I. The molecule has 0 spiro atoms. The molecule has 4 rings (SSSR count). The van der Waals surface area contributed by atoms with Gasteiger partial charge >= 0.3 is 0 Å². The fourth-order valence-electron chi connectivity index (χ4n) is 3.32. The van der Waals surface area contributed by atoms with Gasteiger partial charge in [0.25, 0.3) is 0 Å². The van der Waals surface area contributed by atoms with Gasteiger partial charge in [0.15, 0.2) is 11.6 Å². The molecule has 0 saturated carbocycles. The summed E-state index contributed by atoms with van der Waals surface area (Å²) in [6.07, 6.45) is 3.79. The molecule has 0 unspecified atom stereocenters. The summed E-state index contributed by atoms with van der Waals surface area (Å²) in [6, 6.07) is 16.1. The summed E-state index contributed by atoms with van der Waals surface area (Å²) in [6.45, 7) is 1.46. The molecule has 0 atom stereocenters. The average Bonchev–Trinajstić information content (AvgIpc) is 3.31. The summed E-state index contributed by atoms with van der Waals surface area (Å²) >= 11 is 0. The highest BCUT2D eigenvalue weighted by molar-refractivity contribution is 14.0. The van der Waals surface area contributed by atoms with Crippen molar-refractivity contribution < 1.29 is 4.42 Å². The number of nitrogens with one attached hydrogen (secondary N) is 1. The number of fused-ring (bicyclic) bond motifs is 2. The largest absolute Gasteiger partial charge is 0.459 e. The maximum Gasteiger partial charge on any atom is 0.193 e. The molecule has 0 saturated heterocycles. The lowest BCUT2D eigenvalue weighted by molar-refractivity contribution is 0.412. The van der Waals surface area contributed by atoms with Crippen LogP contribution in [0.2, 0.25) is 0 Å². The van der Waals surface area contributed by atoms with Crippen LogP contribution in [0.15, 0.2) is 64.1 Å². The number of nitrogens with zero attached hydrogens (tertiary/aromatic N) is 5. The molecule has 8 heteroatoms. The van der Waals surface area contributed by atoms with Gasteiger partial charge in [-0.2, -0.15) is 0 Å². The zero-order chi connectivity index (χ0) is 19.3. The second-order valence-corrected chi connectivity index (χ2v) is 6.73. The highest BCUT2D eigenvalue weighted by Crippen LogP contribution is 2.19. The van der Waals surface area contributed by atoms with Crippen molar-refractivity contribution in [3.8, 4) is 0 Å². The van der Waals surface area contributed by atoms with E-state index in [1.807, 2.05) is 54.0 Å². The smallest absolute Gasteiger partial charge is 0.193 e. The minimum absolute atomic E-state index is 0. The molecule has 3 aromatic heterocycles. The lowest BCUT2D eigenvalue weighted by Gasteiger charge is -2.20. The molecule has 4 aromatic rings. The molecular formula is C21H25IN6O. The van der Waals surface area contributed by atoms with Gasteiger partial charge in [0.2, 0.25) is 0 Å². The lowest BCUT2D eigenvalue weighted by atomic mass is 10.2. The van der Waals surface area contributed by atoms with Crippen LogP contribution in [0.1, 0.15) is 18.0 Å². The second kappa shape index (κ2) is 9.73. The van der Waals surface area contributed by atoms with Crippen molar-refractivity contribution in [1.82, 2.24) is 24.8 Å². The number of aryl methyl sites for hydroxylation is 1. The Morgan fingerprint density at radius 3 is 2.83 bits per heavy atom. The van der Waals surface area contributed by atoms with Crippen LogP contribution in [0, 0.1) is 0 Å². The predicted octanol–water partition coefficient (Wildman–Crippen LogP) is 3.73. The highest BCUT2D eigenvalue weighted by Gasteiger charge is 2.10. The van der Waals surface area contributed by atoms with Crippen molar-refractivity contribution in [2.24, 2.45) is 4.99 Å². The molecule has 1 aromatic carbocycles. The van der Waals surface area contributed by atoms with E-state index in [4.69, 9.17) is 4.42 Å². The van der Waals surface area contributed by atoms with E-state index in [0.717, 1.165) is 53.5 Å². The number of para-hydroxylation sites is 1. The van der Waals surface area contributed by atoms with Gasteiger partial charge in [-0.15, -0.1) is 34.2 Å². The minimum Gasteiger partial charge on any atom is -0.459 e. The van der Waals surface area contributed by atoms with Crippen molar-refractivity contribution in [2.45, 2.75) is 19.4 Å². The summed E-state index contributed by atoms with van der Waals surface area (Å²) in [4.78, 5) is 6.44. The predicted molar refractivity (Wildman–Crippen MR) is 126 cm³/mol. The lowest BCUT2D eigenvalue weighted by Crippen LogP contribution is -2.38. The molecule has 7 nitrogen and oxygen atoms in total. The number of rotatable bonds is 6. The molecule has 29 heavy (non-hydrogen) atoms. The van der Waals surface area contributed by atoms with Crippen molar-refractivity contribution in [3.05, 3.63) is 66.3 Å². The number of hydrogen-bond acceptors (Lipinski definition) is 4. The zero-order valence-electron chi connectivity index (χ0n) is 16.6. The molecule has 3 heterocycles. The normalized spacial score (nSPS) is 11.6. The fraction of sp³-hybridized carbons (Fsp3) is 0.286. The Hall–Kier alpha value is -2.62. The van der Waals surface area contributed by atoms with Crippen molar-refractivity contribution in [3.63, 3.8) is 0 Å². The van der Waals surface area contributed by atoms with Crippen LogP contribution in [-0.2, 0) is 13.0 Å². The number of aromatic nitrogens is 3. The van der Waals surface area contributed by atoms with Crippen molar-refractivity contribution in [2.75, 3.05) is 20.6 Å². The standard InChI is InChI=1S/C21H24N6O.HI/c1-22-21(26(2)15-17-14-16-8-3-4-9-18(16)28-17)23-12-7-11-20-25-24-19-10-5-6-13-27(19)20;/h3-6,8-10,13-14H,7,11-12,15H2,1-2H3,(H,22,23);1H. The summed E-state index contributed by atoms with van der Waals surface area (Å²) in [7, 11) is 3.80.